The molecule has 0 saturated heterocycles. The number of aromatic nitrogens is 2. The Morgan fingerprint density at radius 1 is 1.29 bits per heavy atom. The smallest absolute Gasteiger partial charge is 0.387 e. The standard InChI is InChI=1S/C20H29F2N5O3.HI/c1-5-23-19(25-13-20(3,28)15-11-26-27(4)12-15)24-10-14-7-8-16(30-18(21)22)17(9-14)29-6-2;/h7-9,11-12,18,28H,5-6,10,13H2,1-4H3,(H2,23,24,25);1H. The maximum Gasteiger partial charge on any atom is 0.387 e. The van der Waals surface area contributed by atoms with Gasteiger partial charge >= 0.3 is 6.61 Å². The van der Waals surface area contributed by atoms with Crippen LogP contribution in [0.2, 0.25) is 0 Å². The second-order valence-electron chi connectivity index (χ2n) is 6.82. The van der Waals surface area contributed by atoms with Gasteiger partial charge < -0.3 is 25.2 Å². The minimum Gasteiger partial charge on any atom is -0.490 e. The van der Waals surface area contributed by atoms with Gasteiger partial charge in [0.15, 0.2) is 17.5 Å². The van der Waals surface area contributed by atoms with Crippen molar-refractivity contribution in [2.24, 2.45) is 12.0 Å². The minimum atomic E-state index is -2.93. The van der Waals surface area contributed by atoms with Gasteiger partial charge in [-0.2, -0.15) is 13.9 Å². The molecular weight excluding hydrogens is 523 g/mol. The summed E-state index contributed by atoms with van der Waals surface area (Å²) in [6, 6.07) is 4.72. The van der Waals surface area contributed by atoms with E-state index < -0.39 is 12.2 Å². The van der Waals surface area contributed by atoms with E-state index in [-0.39, 0.29) is 48.6 Å². The first-order valence-corrected chi connectivity index (χ1v) is 9.69. The van der Waals surface area contributed by atoms with Crippen LogP contribution in [0.3, 0.4) is 0 Å². The maximum atomic E-state index is 12.5. The summed E-state index contributed by atoms with van der Waals surface area (Å²) in [6.45, 7) is 3.90. The van der Waals surface area contributed by atoms with Crippen LogP contribution in [0, 0.1) is 0 Å². The lowest BCUT2D eigenvalue weighted by molar-refractivity contribution is -0.0514. The Labute approximate surface area is 198 Å². The Morgan fingerprint density at radius 2 is 2.03 bits per heavy atom. The van der Waals surface area contributed by atoms with Gasteiger partial charge in [0.2, 0.25) is 0 Å². The van der Waals surface area contributed by atoms with Crippen molar-refractivity contribution in [1.29, 1.82) is 0 Å². The Kier molecular flexibility index (Phi) is 11.0. The molecule has 174 valence electrons. The summed E-state index contributed by atoms with van der Waals surface area (Å²) in [5.74, 6) is 0.729. The molecule has 0 saturated carbocycles. The number of aryl methyl sites for hydroxylation is 1. The first kappa shape index (κ1) is 26.9. The third kappa shape index (κ3) is 8.48. The van der Waals surface area contributed by atoms with Crippen LogP contribution in [0.15, 0.2) is 35.6 Å². The van der Waals surface area contributed by atoms with Crippen molar-refractivity contribution >= 4 is 29.9 Å². The summed E-state index contributed by atoms with van der Waals surface area (Å²) in [5, 5.41) is 21.0. The quantitative estimate of drug-likeness (QED) is 0.238. The number of benzene rings is 1. The molecule has 1 heterocycles. The number of alkyl halides is 2. The van der Waals surface area contributed by atoms with Crippen LogP contribution >= 0.6 is 24.0 Å². The molecule has 1 atom stereocenters. The van der Waals surface area contributed by atoms with Gasteiger partial charge in [0.25, 0.3) is 0 Å². The number of ether oxygens (including phenoxy) is 2. The number of hydrogen-bond acceptors (Lipinski definition) is 5. The third-order valence-electron chi connectivity index (χ3n) is 4.21. The number of aliphatic hydroxyl groups is 1. The Morgan fingerprint density at radius 3 is 2.61 bits per heavy atom. The number of aliphatic imine (C=N–C) groups is 1. The normalized spacial score (nSPS) is 13.4. The fourth-order valence-corrected chi connectivity index (χ4v) is 2.68. The van der Waals surface area contributed by atoms with Crippen LogP contribution in [0.5, 0.6) is 11.5 Å². The van der Waals surface area contributed by atoms with Gasteiger partial charge in [0.1, 0.15) is 5.60 Å². The molecule has 0 aliphatic heterocycles. The van der Waals surface area contributed by atoms with Crippen LogP contribution in [-0.4, -0.2) is 47.2 Å². The molecule has 1 aromatic heterocycles. The molecule has 11 heteroatoms. The molecule has 0 fully saturated rings. The average molecular weight is 553 g/mol. The first-order valence-electron chi connectivity index (χ1n) is 9.69. The predicted molar refractivity (Wildman–Crippen MR) is 125 cm³/mol. The summed E-state index contributed by atoms with van der Waals surface area (Å²) in [4.78, 5) is 4.50. The highest BCUT2D eigenvalue weighted by molar-refractivity contribution is 14.0. The Balaban J connectivity index is 0.00000480. The highest BCUT2D eigenvalue weighted by atomic mass is 127. The molecule has 0 bridgehead atoms. The fourth-order valence-electron chi connectivity index (χ4n) is 2.68. The van der Waals surface area contributed by atoms with E-state index in [2.05, 4.69) is 25.5 Å². The van der Waals surface area contributed by atoms with Crippen LogP contribution in [-0.2, 0) is 19.2 Å². The molecule has 0 spiro atoms. The van der Waals surface area contributed by atoms with Crippen molar-refractivity contribution in [3.05, 3.63) is 41.7 Å². The highest BCUT2D eigenvalue weighted by Gasteiger charge is 2.25. The van der Waals surface area contributed by atoms with Crippen LogP contribution in [0.1, 0.15) is 31.9 Å². The van der Waals surface area contributed by atoms with Crippen molar-refractivity contribution in [2.45, 2.75) is 39.5 Å². The number of rotatable bonds is 10. The zero-order valence-electron chi connectivity index (χ0n) is 18.1. The van der Waals surface area contributed by atoms with E-state index in [1.54, 1.807) is 50.1 Å². The van der Waals surface area contributed by atoms with E-state index in [4.69, 9.17) is 4.74 Å². The predicted octanol–water partition coefficient (Wildman–Crippen LogP) is 3.00. The molecule has 31 heavy (non-hydrogen) atoms. The monoisotopic (exact) mass is 553 g/mol. The molecule has 1 aromatic carbocycles. The zero-order chi connectivity index (χ0) is 22.1. The van der Waals surface area contributed by atoms with Gasteiger partial charge in [-0.1, -0.05) is 6.07 Å². The third-order valence-corrected chi connectivity index (χ3v) is 4.21. The van der Waals surface area contributed by atoms with Crippen molar-refractivity contribution in [3.8, 4) is 11.5 Å². The lowest BCUT2D eigenvalue weighted by Gasteiger charge is -2.23. The first-order chi connectivity index (χ1) is 14.2. The van der Waals surface area contributed by atoms with E-state index in [0.29, 0.717) is 24.7 Å². The van der Waals surface area contributed by atoms with Gasteiger partial charge in [-0.3, -0.25) is 4.68 Å². The van der Waals surface area contributed by atoms with Gasteiger partial charge in [-0.15, -0.1) is 24.0 Å². The van der Waals surface area contributed by atoms with Gasteiger partial charge in [-0.05, 0) is 38.5 Å². The number of guanidine groups is 1. The summed E-state index contributed by atoms with van der Waals surface area (Å²) < 4.78 is 36.6. The summed E-state index contributed by atoms with van der Waals surface area (Å²) >= 11 is 0. The number of nitrogens with zero attached hydrogens (tertiary/aromatic N) is 3. The highest BCUT2D eigenvalue weighted by Crippen LogP contribution is 2.30. The van der Waals surface area contributed by atoms with E-state index in [1.807, 2.05) is 6.92 Å². The minimum absolute atomic E-state index is 0. The molecule has 8 nitrogen and oxygen atoms in total. The van der Waals surface area contributed by atoms with Crippen LogP contribution in [0.4, 0.5) is 8.78 Å². The second-order valence-corrected chi connectivity index (χ2v) is 6.82. The van der Waals surface area contributed by atoms with Crippen molar-refractivity contribution in [1.82, 2.24) is 20.4 Å². The number of halogens is 3. The Bertz CT molecular complexity index is 846. The van der Waals surface area contributed by atoms with Crippen LogP contribution in [0.25, 0.3) is 0 Å². The zero-order valence-corrected chi connectivity index (χ0v) is 20.4. The van der Waals surface area contributed by atoms with Gasteiger partial charge in [0, 0.05) is 25.4 Å². The molecule has 0 aliphatic rings. The van der Waals surface area contributed by atoms with E-state index in [9.17, 15) is 13.9 Å². The summed E-state index contributed by atoms with van der Waals surface area (Å²) in [7, 11) is 1.78. The molecule has 0 amide bonds. The maximum absolute atomic E-state index is 12.5. The topological polar surface area (TPSA) is 92.9 Å². The lowest BCUT2D eigenvalue weighted by Crippen LogP contribution is -2.44. The summed E-state index contributed by atoms with van der Waals surface area (Å²) in [5.41, 5.74) is 0.307. The van der Waals surface area contributed by atoms with Crippen LogP contribution < -0.4 is 20.1 Å². The molecule has 0 radical (unpaired) electrons. The molecule has 3 N–H and O–H groups in total. The Hall–Kier alpha value is -2.15. The SMILES string of the molecule is CCNC(=NCc1ccc(OC(F)F)c(OCC)c1)NCC(C)(O)c1cnn(C)c1.I. The summed E-state index contributed by atoms with van der Waals surface area (Å²) in [6.07, 6.45) is 3.37. The fraction of sp³-hybridized carbons (Fsp3) is 0.500. The second kappa shape index (κ2) is 12.6. The number of nitrogens with one attached hydrogen (secondary N) is 2. The van der Waals surface area contributed by atoms with E-state index >= 15 is 0 Å². The van der Waals surface area contributed by atoms with E-state index in [1.165, 1.54) is 6.07 Å². The van der Waals surface area contributed by atoms with E-state index in [0.717, 1.165) is 5.56 Å². The molecule has 2 rings (SSSR count). The van der Waals surface area contributed by atoms with Crippen molar-refractivity contribution in [2.75, 3.05) is 19.7 Å². The lowest BCUT2D eigenvalue weighted by atomic mass is 10.00. The average Bonchev–Trinajstić information content (AvgIpc) is 3.13. The molecule has 0 aliphatic carbocycles. The number of hydrogen-bond donors (Lipinski definition) is 3. The largest absolute Gasteiger partial charge is 0.490 e. The molecular formula is C20H30F2IN5O3. The van der Waals surface area contributed by atoms with Crippen molar-refractivity contribution in [3.63, 3.8) is 0 Å². The van der Waals surface area contributed by atoms with Gasteiger partial charge in [-0.25, -0.2) is 4.99 Å². The van der Waals surface area contributed by atoms with Crippen molar-refractivity contribution < 1.29 is 23.4 Å². The molecule has 1 unspecified atom stereocenters. The van der Waals surface area contributed by atoms with Gasteiger partial charge in [0.05, 0.1) is 25.9 Å². The molecule has 2 aromatic rings.